The van der Waals surface area contributed by atoms with Crippen molar-refractivity contribution < 1.29 is 9.21 Å². The Balaban J connectivity index is 1.73. The minimum atomic E-state index is -0.0835. The maximum Gasteiger partial charge on any atom is 0.255 e. The molecule has 1 amide bonds. The standard InChI is InChI=1S/C11H15BrN2O2/c12-10-9(3-8-16-10)11(15)13-4-7-14-5-1-2-6-14/h3,8H,1-2,4-7H2,(H,13,15). The lowest BCUT2D eigenvalue weighted by molar-refractivity contribution is 0.0948. The van der Waals surface area contributed by atoms with Crippen molar-refractivity contribution in [1.29, 1.82) is 0 Å². The summed E-state index contributed by atoms with van der Waals surface area (Å²) < 4.78 is 5.50. The van der Waals surface area contributed by atoms with Crippen molar-refractivity contribution >= 4 is 21.8 Å². The lowest BCUT2D eigenvalue weighted by atomic mass is 10.3. The summed E-state index contributed by atoms with van der Waals surface area (Å²) in [5, 5.41) is 2.88. The van der Waals surface area contributed by atoms with Crippen molar-refractivity contribution in [2.45, 2.75) is 12.8 Å². The topological polar surface area (TPSA) is 45.5 Å². The zero-order valence-electron chi connectivity index (χ0n) is 9.04. The molecule has 4 nitrogen and oxygen atoms in total. The molecule has 2 rings (SSSR count). The fourth-order valence-electron chi connectivity index (χ4n) is 1.88. The molecule has 1 aliphatic heterocycles. The lowest BCUT2D eigenvalue weighted by Crippen LogP contribution is -2.33. The summed E-state index contributed by atoms with van der Waals surface area (Å²) in [5.74, 6) is -0.0835. The second-order valence-electron chi connectivity index (χ2n) is 3.91. The van der Waals surface area contributed by atoms with Gasteiger partial charge in [0.1, 0.15) is 0 Å². The van der Waals surface area contributed by atoms with Crippen molar-refractivity contribution in [1.82, 2.24) is 10.2 Å². The van der Waals surface area contributed by atoms with E-state index in [1.54, 1.807) is 6.07 Å². The van der Waals surface area contributed by atoms with E-state index >= 15 is 0 Å². The number of likely N-dealkylation sites (tertiary alicyclic amines) is 1. The molecule has 1 fully saturated rings. The molecule has 1 aliphatic rings. The molecule has 0 bridgehead atoms. The molecule has 1 N–H and O–H groups in total. The third kappa shape index (κ3) is 2.86. The molecule has 0 radical (unpaired) electrons. The maximum absolute atomic E-state index is 11.7. The highest BCUT2D eigenvalue weighted by molar-refractivity contribution is 9.10. The molecular formula is C11H15BrN2O2. The number of nitrogens with zero attached hydrogens (tertiary/aromatic N) is 1. The molecule has 5 heteroatoms. The van der Waals surface area contributed by atoms with Crippen LogP contribution in [-0.4, -0.2) is 37.0 Å². The van der Waals surface area contributed by atoms with E-state index in [0.717, 1.165) is 19.6 Å². The number of hydrogen-bond donors (Lipinski definition) is 1. The van der Waals surface area contributed by atoms with E-state index < -0.39 is 0 Å². The zero-order chi connectivity index (χ0) is 11.4. The van der Waals surface area contributed by atoms with Crippen LogP contribution in [0.25, 0.3) is 0 Å². The van der Waals surface area contributed by atoms with E-state index in [4.69, 9.17) is 4.42 Å². The van der Waals surface area contributed by atoms with Gasteiger partial charge in [-0.3, -0.25) is 4.79 Å². The number of nitrogens with one attached hydrogen (secondary N) is 1. The van der Waals surface area contributed by atoms with Gasteiger partial charge in [-0.25, -0.2) is 0 Å². The second kappa shape index (κ2) is 5.50. The number of carbonyl (C=O) groups excluding carboxylic acids is 1. The first-order chi connectivity index (χ1) is 7.77. The first kappa shape index (κ1) is 11.7. The summed E-state index contributed by atoms with van der Waals surface area (Å²) >= 11 is 3.19. The quantitative estimate of drug-likeness (QED) is 0.919. The molecular weight excluding hydrogens is 272 g/mol. The van der Waals surface area contributed by atoms with E-state index in [2.05, 4.69) is 26.1 Å². The molecule has 0 aromatic carbocycles. The molecule has 0 unspecified atom stereocenters. The van der Waals surface area contributed by atoms with Crippen LogP contribution in [0.1, 0.15) is 23.2 Å². The molecule has 2 heterocycles. The fraction of sp³-hybridized carbons (Fsp3) is 0.545. The number of rotatable bonds is 4. The summed E-state index contributed by atoms with van der Waals surface area (Å²) in [6, 6.07) is 1.66. The largest absolute Gasteiger partial charge is 0.457 e. The molecule has 1 saturated heterocycles. The van der Waals surface area contributed by atoms with E-state index in [-0.39, 0.29) is 5.91 Å². The summed E-state index contributed by atoms with van der Waals surface area (Å²) in [7, 11) is 0. The molecule has 0 aliphatic carbocycles. The third-order valence-corrected chi connectivity index (χ3v) is 3.39. The van der Waals surface area contributed by atoms with E-state index in [9.17, 15) is 4.79 Å². The van der Waals surface area contributed by atoms with Gasteiger partial charge < -0.3 is 14.6 Å². The number of hydrogen-bond acceptors (Lipinski definition) is 3. The zero-order valence-corrected chi connectivity index (χ0v) is 10.6. The van der Waals surface area contributed by atoms with Crippen LogP contribution < -0.4 is 5.32 Å². The number of furan rings is 1. The number of carbonyl (C=O) groups is 1. The Morgan fingerprint density at radius 1 is 1.50 bits per heavy atom. The van der Waals surface area contributed by atoms with Gasteiger partial charge in [0.2, 0.25) is 0 Å². The molecule has 1 aromatic heterocycles. The van der Waals surface area contributed by atoms with Crippen LogP contribution in [0, 0.1) is 0 Å². The van der Waals surface area contributed by atoms with Gasteiger partial charge in [0.25, 0.3) is 5.91 Å². The van der Waals surface area contributed by atoms with Crippen molar-refractivity contribution in [3.05, 3.63) is 22.6 Å². The fourth-order valence-corrected chi connectivity index (χ4v) is 2.30. The summed E-state index contributed by atoms with van der Waals surface area (Å²) in [6.45, 7) is 3.94. The Labute approximate surface area is 103 Å². The molecule has 0 saturated carbocycles. The van der Waals surface area contributed by atoms with Gasteiger partial charge >= 0.3 is 0 Å². The van der Waals surface area contributed by atoms with E-state index in [1.807, 2.05) is 0 Å². The first-order valence-electron chi connectivity index (χ1n) is 5.51. The Bertz CT molecular complexity index is 359. The predicted octanol–water partition coefficient (Wildman–Crippen LogP) is 1.87. The number of halogens is 1. The van der Waals surface area contributed by atoms with Gasteiger partial charge in [-0.15, -0.1) is 0 Å². The number of amides is 1. The Kier molecular flexibility index (Phi) is 4.01. The Hall–Kier alpha value is -0.810. The molecule has 16 heavy (non-hydrogen) atoms. The highest BCUT2D eigenvalue weighted by Crippen LogP contribution is 2.16. The van der Waals surface area contributed by atoms with Crippen molar-refractivity contribution in [2.24, 2.45) is 0 Å². The van der Waals surface area contributed by atoms with E-state index in [1.165, 1.54) is 19.1 Å². The monoisotopic (exact) mass is 286 g/mol. The van der Waals surface area contributed by atoms with Gasteiger partial charge in [-0.05, 0) is 47.9 Å². The van der Waals surface area contributed by atoms with Crippen LogP contribution in [0.3, 0.4) is 0 Å². The molecule has 0 atom stereocenters. The molecule has 88 valence electrons. The Morgan fingerprint density at radius 2 is 2.25 bits per heavy atom. The van der Waals surface area contributed by atoms with Crippen molar-refractivity contribution in [3.8, 4) is 0 Å². The average Bonchev–Trinajstić information content (AvgIpc) is 2.88. The minimum Gasteiger partial charge on any atom is -0.457 e. The highest BCUT2D eigenvalue weighted by Gasteiger charge is 2.14. The summed E-state index contributed by atoms with van der Waals surface area (Å²) in [5.41, 5.74) is 0.557. The van der Waals surface area contributed by atoms with Crippen molar-refractivity contribution in [2.75, 3.05) is 26.2 Å². The summed E-state index contributed by atoms with van der Waals surface area (Å²) in [6.07, 6.45) is 4.06. The third-order valence-electron chi connectivity index (χ3n) is 2.77. The van der Waals surface area contributed by atoms with Gasteiger partial charge in [-0.2, -0.15) is 0 Å². The highest BCUT2D eigenvalue weighted by atomic mass is 79.9. The van der Waals surface area contributed by atoms with Crippen molar-refractivity contribution in [3.63, 3.8) is 0 Å². The second-order valence-corrected chi connectivity index (χ2v) is 4.63. The van der Waals surface area contributed by atoms with Crippen LogP contribution in [0.15, 0.2) is 21.4 Å². The van der Waals surface area contributed by atoms with Gasteiger partial charge in [0.05, 0.1) is 11.8 Å². The molecule has 1 aromatic rings. The molecule has 0 spiro atoms. The summed E-state index contributed by atoms with van der Waals surface area (Å²) in [4.78, 5) is 14.0. The lowest BCUT2D eigenvalue weighted by Gasteiger charge is -2.14. The van der Waals surface area contributed by atoms with E-state index in [0.29, 0.717) is 16.8 Å². The van der Waals surface area contributed by atoms with Gasteiger partial charge in [-0.1, -0.05) is 0 Å². The normalized spacial score (nSPS) is 16.6. The minimum absolute atomic E-state index is 0.0835. The van der Waals surface area contributed by atoms with Crippen LogP contribution in [0.5, 0.6) is 0 Å². The van der Waals surface area contributed by atoms with Gasteiger partial charge in [0.15, 0.2) is 4.67 Å². The van der Waals surface area contributed by atoms with Crippen LogP contribution >= 0.6 is 15.9 Å². The van der Waals surface area contributed by atoms with Gasteiger partial charge in [0, 0.05) is 13.1 Å². The Morgan fingerprint density at radius 3 is 2.88 bits per heavy atom. The average molecular weight is 287 g/mol. The predicted molar refractivity (Wildman–Crippen MR) is 64.4 cm³/mol. The smallest absolute Gasteiger partial charge is 0.255 e. The SMILES string of the molecule is O=C(NCCN1CCCC1)c1ccoc1Br. The van der Waals surface area contributed by atoms with Crippen LogP contribution in [0.2, 0.25) is 0 Å². The first-order valence-corrected chi connectivity index (χ1v) is 6.30. The van der Waals surface area contributed by atoms with Crippen LogP contribution in [-0.2, 0) is 0 Å². The van der Waals surface area contributed by atoms with Crippen LogP contribution in [0.4, 0.5) is 0 Å². The maximum atomic E-state index is 11.7.